The molecule has 1 heterocycles. The molecule has 8 nitrogen and oxygen atoms in total. The van der Waals surface area contributed by atoms with Gasteiger partial charge < -0.3 is 20.1 Å². The van der Waals surface area contributed by atoms with Gasteiger partial charge in [-0.3, -0.25) is 9.59 Å². The minimum atomic E-state index is -0.576. The Morgan fingerprint density at radius 2 is 2.00 bits per heavy atom. The summed E-state index contributed by atoms with van der Waals surface area (Å²) in [6.45, 7) is 5.11. The molecule has 0 unspecified atom stereocenters. The fraction of sp³-hybridized carbons (Fsp3) is 0.500. The van der Waals surface area contributed by atoms with Crippen molar-refractivity contribution in [1.82, 2.24) is 10.3 Å². The molecular formula is C16H22ClN3O5. The first kappa shape index (κ1) is 20.7. The van der Waals surface area contributed by atoms with Gasteiger partial charge in [0.1, 0.15) is 5.60 Å². The number of nitrogens with zero attached hydrogens (tertiary/aromatic N) is 1. The zero-order valence-electron chi connectivity index (χ0n) is 14.4. The number of halogens is 1. The molecule has 1 rings (SSSR count). The molecule has 9 heteroatoms. The highest BCUT2D eigenvalue weighted by Gasteiger charge is 2.15. The third-order valence-electron chi connectivity index (χ3n) is 2.62. The number of esters is 1. The minimum absolute atomic E-state index is 0.0662. The van der Waals surface area contributed by atoms with Gasteiger partial charge in [-0.1, -0.05) is 11.6 Å². The number of carbonyl (C=O) groups is 3. The van der Waals surface area contributed by atoms with Crippen LogP contribution in [0.2, 0.25) is 5.15 Å². The maximum absolute atomic E-state index is 11.7. The largest absolute Gasteiger partial charge is 0.456 e. The van der Waals surface area contributed by atoms with Crippen molar-refractivity contribution in [1.29, 1.82) is 0 Å². The summed E-state index contributed by atoms with van der Waals surface area (Å²) in [6, 6.07) is 3.20. The lowest BCUT2D eigenvalue weighted by molar-refractivity contribution is -0.147. The SMILES string of the molecule is CC(C)(C)OC(=O)NCCCC(=O)OCC(=O)Nc1cccnc1Cl. The molecule has 0 saturated heterocycles. The van der Waals surface area contributed by atoms with E-state index in [1.54, 1.807) is 32.9 Å². The summed E-state index contributed by atoms with van der Waals surface area (Å²) in [5.41, 5.74) is -0.236. The number of nitrogens with one attached hydrogen (secondary N) is 2. The summed E-state index contributed by atoms with van der Waals surface area (Å²) in [4.78, 5) is 38.4. The van der Waals surface area contributed by atoms with Crippen LogP contribution in [-0.4, -0.2) is 41.7 Å². The topological polar surface area (TPSA) is 107 Å². The predicted molar refractivity (Wildman–Crippen MR) is 92.3 cm³/mol. The number of amides is 2. The monoisotopic (exact) mass is 371 g/mol. The first-order chi connectivity index (χ1) is 11.7. The lowest BCUT2D eigenvalue weighted by Gasteiger charge is -2.19. The van der Waals surface area contributed by atoms with E-state index >= 15 is 0 Å². The molecule has 2 N–H and O–H groups in total. The average molecular weight is 372 g/mol. The highest BCUT2D eigenvalue weighted by Crippen LogP contribution is 2.17. The molecule has 1 aromatic rings. The summed E-state index contributed by atoms with van der Waals surface area (Å²) < 4.78 is 9.90. The Kier molecular flexibility index (Phi) is 8.13. The molecule has 138 valence electrons. The van der Waals surface area contributed by atoms with Crippen molar-refractivity contribution in [3.8, 4) is 0 Å². The van der Waals surface area contributed by atoms with Crippen molar-refractivity contribution >= 4 is 35.3 Å². The average Bonchev–Trinajstić information content (AvgIpc) is 2.50. The van der Waals surface area contributed by atoms with Gasteiger partial charge in [0.15, 0.2) is 11.8 Å². The van der Waals surface area contributed by atoms with Gasteiger partial charge in [-0.05, 0) is 39.3 Å². The lowest BCUT2D eigenvalue weighted by atomic mass is 10.2. The second-order valence-corrected chi connectivity index (χ2v) is 6.44. The number of alkyl carbamates (subject to hydrolysis) is 1. The van der Waals surface area contributed by atoms with Gasteiger partial charge in [-0.2, -0.15) is 0 Å². The molecule has 0 aromatic carbocycles. The predicted octanol–water partition coefficient (Wildman–Crippen LogP) is 2.52. The van der Waals surface area contributed by atoms with E-state index in [0.29, 0.717) is 12.1 Å². The van der Waals surface area contributed by atoms with Crippen LogP contribution in [-0.2, 0) is 19.1 Å². The highest BCUT2D eigenvalue weighted by atomic mass is 35.5. The van der Waals surface area contributed by atoms with E-state index in [1.165, 1.54) is 6.20 Å². The number of hydrogen-bond donors (Lipinski definition) is 2. The van der Waals surface area contributed by atoms with E-state index in [0.717, 1.165) is 0 Å². The standard InChI is InChI=1S/C16H22ClN3O5/c1-16(2,3)25-15(23)19-9-5-7-13(22)24-10-12(21)20-11-6-4-8-18-14(11)17/h4,6,8H,5,7,9-10H2,1-3H3,(H,19,23)(H,20,21). The van der Waals surface area contributed by atoms with Crippen LogP contribution in [0.15, 0.2) is 18.3 Å². The minimum Gasteiger partial charge on any atom is -0.456 e. The first-order valence-electron chi connectivity index (χ1n) is 7.70. The molecule has 0 atom stereocenters. The normalized spacial score (nSPS) is 10.7. The first-order valence-corrected chi connectivity index (χ1v) is 8.08. The number of aromatic nitrogens is 1. The van der Waals surface area contributed by atoms with Crippen LogP contribution >= 0.6 is 11.6 Å². The Morgan fingerprint density at radius 1 is 1.28 bits per heavy atom. The third kappa shape index (κ3) is 9.51. The molecule has 0 aliphatic heterocycles. The van der Waals surface area contributed by atoms with Crippen LogP contribution in [0.5, 0.6) is 0 Å². The van der Waals surface area contributed by atoms with Crippen LogP contribution in [0.25, 0.3) is 0 Å². The number of hydrogen-bond acceptors (Lipinski definition) is 6. The van der Waals surface area contributed by atoms with Gasteiger partial charge in [-0.25, -0.2) is 9.78 Å². The smallest absolute Gasteiger partial charge is 0.407 e. The van der Waals surface area contributed by atoms with E-state index < -0.39 is 30.2 Å². The molecule has 0 radical (unpaired) electrons. The second kappa shape index (κ2) is 9.83. The molecule has 1 aromatic heterocycles. The zero-order chi connectivity index (χ0) is 18.9. The van der Waals surface area contributed by atoms with E-state index in [4.69, 9.17) is 21.1 Å². The van der Waals surface area contributed by atoms with Gasteiger partial charge in [0.25, 0.3) is 5.91 Å². The number of rotatable bonds is 7. The summed E-state index contributed by atoms with van der Waals surface area (Å²) >= 11 is 5.80. The molecule has 0 saturated carbocycles. The van der Waals surface area contributed by atoms with E-state index in [1.807, 2.05) is 0 Å². The van der Waals surface area contributed by atoms with Gasteiger partial charge in [-0.15, -0.1) is 0 Å². The van der Waals surface area contributed by atoms with Crippen molar-refractivity contribution in [3.05, 3.63) is 23.5 Å². The second-order valence-electron chi connectivity index (χ2n) is 6.08. The van der Waals surface area contributed by atoms with Gasteiger partial charge in [0.2, 0.25) is 0 Å². The van der Waals surface area contributed by atoms with Crippen LogP contribution in [0.3, 0.4) is 0 Å². The molecule has 0 aliphatic rings. The van der Waals surface area contributed by atoms with Crippen LogP contribution in [0, 0.1) is 0 Å². The van der Waals surface area contributed by atoms with Crippen molar-refractivity contribution in [3.63, 3.8) is 0 Å². The van der Waals surface area contributed by atoms with Crippen molar-refractivity contribution in [2.75, 3.05) is 18.5 Å². The number of carbonyl (C=O) groups excluding carboxylic acids is 3. The molecule has 25 heavy (non-hydrogen) atoms. The van der Waals surface area contributed by atoms with Crippen molar-refractivity contribution < 1.29 is 23.9 Å². The van der Waals surface area contributed by atoms with Crippen LogP contribution in [0.4, 0.5) is 10.5 Å². The van der Waals surface area contributed by atoms with Gasteiger partial charge in [0.05, 0.1) is 5.69 Å². The van der Waals surface area contributed by atoms with Crippen molar-refractivity contribution in [2.24, 2.45) is 0 Å². The maximum atomic E-state index is 11.7. The maximum Gasteiger partial charge on any atom is 0.407 e. The van der Waals surface area contributed by atoms with E-state index in [9.17, 15) is 14.4 Å². The number of anilines is 1. The molecule has 0 spiro atoms. The quantitative estimate of drug-likeness (QED) is 0.433. The third-order valence-corrected chi connectivity index (χ3v) is 2.92. The molecule has 0 aliphatic carbocycles. The Morgan fingerprint density at radius 3 is 2.64 bits per heavy atom. The number of ether oxygens (including phenoxy) is 2. The molecule has 0 fully saturated rings. The molecule has 0 bridgehead atoms. The molecule has 2 amide bonds. The lowest BCUT2D eigenvalue weighted by Crippen LogP contribution is -2.33. The van der Waals surface area contributed by atoms with Gasteiger partial charge in [0, 0.05) is 19.2 Å². The molecular weight excluding hydrogens is 350 g/mol. The fourth-order valence-corrected chi connectivity index (χ4v) is 1.79. The summed E-state index contributed by atoms with van der Waals surface area (Å²) in [5, 5.41) is 5.16. The number of pyridine rings is 1. The highest BCUT2D eigenvalue weighted by molar-refractivity contribution is 6.32. The van der Waals surface area contributed by atoms with Gasteiger partial charge >= 0.3 is 12.1 Å². The van der Waals surface area contributed by atoms with Crippen LogP contribution < -0.4 is 10.6 Å². The summed E-state index contributed by atoms with van der Waals surface area (Å²) in [5.74, 6) is -1.06. The summed E-state index contributed by atoms with van der Waals surface area (Å²) in [7, 11) is 0. The Hall–Kier alpha value is -2.35. The van der Waals surface area contributed by atoms with Crippen LogP contribution in [0.1, 0.15) is 33.6 Å². The van der Waals surface area contributed by atoms with Crippen molar-refractivity contribution in [2.45, 2.75) is 39.2 Å². The zero-order valence-corrected chi connectivity index (χ0v) is 15.2. The Bertz CT molecular complexity index is 616. The van der Waals surface area contributed by atoms with E-state index in [2.05, 4.69) is 15.6 Å². The Balaban J connectivity index is 2.17. The fourth-order valence-electron chi connectivity index (χ4n) is 1.62. The summed E-state index contributed by atoms with van der Waals surface area (Å²) in [6.07, 6.45) is 1.38. The Labute approximate surface area is 151 Å². The van der Waals surface area contributed by atoms with E-state index in [-0.39, 0.29) is 18.1 Å².